The highest BCUT2D eigenvalue weighted by Crippen LogP contribution is 2.32. The van der Waals surface area contributed by atoms with Gasteiger partial charge < -0.3 is 5.32 Å². The van der Waals surface area contributed by atoms with Crippen LogP contribution in [0.5, 0.6) is 0 Å². The van der Waals surface area contributed by atoms with Crippen LogP contribution in [0.2, 0.25) is 0 Å². The molecule has 0 bridgehead atoms. The van der Waals surface area contributed by atoms with Crippen molar-refractivity contribution in [3.63, 3.8) is 0 Å². The van der Waals surface area contributed by atoms with E-state index in [4.69, 9.17) is 0 Å². The van der Waals surface area contributed by atoms with Gasteiger partial charge in [-0.15, -0.1) is 11.3 Å². The van der Waals surface area contributed by atoms with Crippen molar-refractivity contribution in [3.8, 4) is 0 Å². The summed E-state index contributed by atoms with van der Waals surface area (Å²) < 4.78 is 0. The van der Waals surface area contributed by atoms with Gasteiger partial charge in [0.25, 0.3) is 0 Å². The lowest BCUT2D eigenvalue weighted by molar-refractivity contribution is 0.593. The van der Waals surface area contributed by atoms with Crippen LogP contribution in [0.25, 0.3) is 0 Å². The lowest BCUT2D eigenvalue weighted by atomic mass is 9.96. The van der Waals surface area contributed by atoms with Crippen LogP contribution >= 0.6 is 11.3 Å². The quantitative estimate of drug-likeness (QED) is 0.906. The topological polar surface area (TPSA) is 24.9 Å². The van der Waals surface area contributed by atoms with Crippen LogP contribution in [-0.4, -0.2) is 11.0 Å². The van der Waals surface area contributed by atoms with Gasteiger partial charge in [-0.1, -0.05) is 18.2 Å². The number of benzene rings is 1. The molecule has 1 unspecified atom stereocenters. The van der Waals surface area contributed by atoms with Gasteiger partial charge in [-0.05, 0) is 43.4 Å². The summed E-state index contributed by atoms with van der Waals surface area (Å²) >= 11 is 1.74. The van der Waals surface area contributed by atoms with Gasteiger partial charge in [0, 0.05) is 17.6 Å². The van der Waals surface area contributed by atoms with Crippen LogP contribution in [0.15, 0.2) is 29.8 Å². The van der Waals surface area contributed by atoms with Crippen LogP contribution in [-0.2, 0) is 0 Å². The largest absolute Gasteiger partial charge is 0.301 e. The first-order valence-corrected chi connectivity index (χ1v) is 7.35. The molecule has 0 saturated heterocycles. The predicted molar refractivity (Wildman–Crippen MR) is 76.0 cm³/mol. The maximum atomic E-state index is 4.51. The Morgan fingerprint density at radius 1 is 1.28 bits per heavy atom. The lowest BCUT2D eigenvalue weighted by Gasteiger charge is -2.21. The summed E-state index contributed by atoms with van der Waals surface area (Å²) in [4.78, 5) is 4.51. The molecule has 1 heterocycles. The standard InChI is InChI=1S/C15H18N2S/c1-10-4-3-5-11(2)13(10)14(17-12-6-7-12)15-16-8-9-18-15/h3-5,8-9,12,14,17H,6-7H2,1-2H3. The molecule has 1 saturated carbocycles. The van der Waals surface area contributed by atoms with Gasteiger partial charge in [0.05, 0.1) is 6.04 Å². The van der Waals surface area contributed by atoms with Gasteiger partial charge in [-0.25, -0.2) is 4.98 Å². The molecule has 2 nitrogen and oxygen atoms in total. The highest BCUT2D eigenvalue weighted by Gasteiger charge is 2.28. The molecule has 1 fully saturated rings. The second-order valence-corrected chi connectivity index (χ2v) is 5.98. The highest BCUT2D eigenvalue weighted by atomic mass is 32.1. The third-order valence-electron chi connectivity index (χ3n) is 3.51. The molecule has 3 heteroatoms. The fourth-order valence-electron chi connectivity index (χ4n) is 2.42. The SMILES string of the molecule is Cc1cccc(C)c1C(NC1CC1)c1nccs1. The molecule has 0 aliphatic heterocycles. The number of aromatic nitrogens is 1. The van der Waals surface area contributed by atoms with E-state index in [-0.39, 0.29) is 6.04 Å². The van der Waals surface area contributed by atoms with Gasteiger partial charge in [0.1, 0.15) is 5.01 Å². The minimum absolute atomic E-state index is 0.263. The average molecular weight is 258 g/mol. The Labute approximate surface area is 112 Å². The van der Waals surface area contributed by atoms with Crippen molar-refractivity contribution in [1.29, 1.82) is 0 Å². The van der Waals surface area contributed by atoms with E-state index >= 15 is 0 Å². The Morgan fingerprint density at radius 3 is 2.56 bits per heavy atom. The number of aryl methyl sites for hydroxylation is 2. The number of nitrogens with one attached hydrogen (secondary N) is 1. The molecule has 1 atom stereocenters. The van der Waals surface area contributed by atoms with E-state index in [0.717, 1.165) is 0 Å². The van der Waals surface area contributed by atoms with Crippen LogP contribution in [0.4, 0.5) is 0 Å². The summed E-state index contributed by atoms with van der Waals surface area (Å²) in [5.41, 5.74) is 4.10. The highest BCUT2D eigenvalue weighted by molar-refractivity contribution is 7.09. The van der Waals surface area contributed by atoms with Gasteiger partial charge in [0.2, 0.25) is 0 Å². The van der Waals surface area contributed by atoms with E-state index in [0.29, 0.717) is 6.04 Å². The zero-order valence-electron chi connectivity index (χ0n) is 10.8. The molecule has 18 heavy (non-hydrogen) atoms. The van der Waals surface area contributed by atoms with E-state index in [1.165, 1.54) is 34.5 Å². The first kappa shape index (κ1) is 11.9. The summed E-state index contributed by atoms with van der Waals surface area (Å²) in [7, 11) is 0. The van der Waals surface area contributed by atoms with Crippen molar-refractivity contribution in [2.24, 2.45) is 0 Å². The maximum absolute atomic E-state index is 4.51. The maximum Gasteiger partial charge on any atom is 0.114 e. The van der Waals surface area contributed by atoms with E-state index in [9.17, 15) is 0 Å². The minimum atomic E-state index is 0.263. The molecular formula is C15H18N2S. The molecule has 1 aromatic heterocycles. The number of hydrogen-bond acceptors (Lipinski definition) is 3. The zero-order chi connectivity index (χ0) is 12.5. The van der Waals surface area contributed by atoms with Gasteiger partial charge in [0.15, 0.2) is 0 Å². The van der Waals surface area contributed by atoms with E-state index in [1.807, 2.05) is 6.20 Å². The summed E-state index contributed by atoms with van der Waals surface area (Å²) in [5.74, 6) is 0. The fourth-order valence-corrected chi connectivity index (χ4v) is 3.13. The normalized spacial score (nSPS) is 16.8. The van der Waals surface area contributed by atoms with Crippen molar-refractivity contribution in [3.05, 3.63) is 51.5 Å². The molecular weight excluding hydrogens is 240 g/mol. The molecule has 1 N–H and O–H groups in total. The third kappa shape index (κ3) is 2.33. The summed E-state index contributed by atoms with van der Waals surface area (Å²) in [6.45, 7) is 4.38. The molecule has 1 aromatic carbocycles. The Morgan fingerprint density at radius 2 is 2.00 bits per heavy atom. The smallest absolute Gasteiger partial charge is 0.114 e. The van der Waals surface area contributed by atoms with Crippen LogP contribution in [0.3, 0.4) is 0 Å². The predicted octanol–water partition coefficient (Wildman–Crippen LogP) is 3.60. The summed E-state index contributed by atoms with van der Waals surface area (Å²) in [6.07, 6.45) is 4.49. The van der Waals surface area contributed by atoms with Crippen molar-refractivity contribution >= 4 is 11.3 Å². The van der Waals surface area contributed by atoms with Gasteiger partial charge in [-0.2, -0.15) is 0 Å². The molecule has 0 radical (unpaired) electrons. The fraction of sp³-hybridized carbons (Fsp3) is 0.400. The van der Waals surface area contributed by atoms with Crippen molar-refractivity contribution in [2.45, 2.75) is 38.8 Å². The molecule has 0 spiro atoms. The van der Waals surface area contributed by atoms with Gasteiger partial charge >= 0.3 is 0 Å². The molecule has 0 amide bonds. The Hall–Kier alpha value is -1.19. The van der Waals surface area contributed by atoms with E-state index in [2.05, 4.69) is 47.7 Å². The summed E-state index contributed by atoms with van der Waals surface area (Å²) in [6, 6.07) is 7.45. The third-order valence-corrected chi connectivity index (χ3v) is 4.35. The van der Waals surface area contributed by atoms with Crippen LogP contribution in [0.1, 0.15) is 40.6 Å². The Balaban J connectivity index is 2.02. The van der Waals surface area contributed by atoms with Crippen molar-refractivity contribution < 1.29 is 0 Å². The number of rotatable bonds is 4. The molecule has 1 aliphatic rings. The minimum Gasteiger partial charge on any atom is -0.301 e. The Bertz CT molecular complexity index is 509. The van der Waals surface area contributed by atoms with E-state index in [1.54, 1.807) is 11.3 Å². The number of thiazole rings is 1. The average Bonchev–Trinajstić information content (AvgIpc) is 3.00. The number of nitrogens with zero attached hydrogens (tertiary/aromatic N) is 1. The molecule has 2 aromatic rings. The summed E-state index contributed by atoms with van der Waals surface area (Å²) in [5, 5.41) is 6.98. The van der Waals surface area contributed by atoms with Crippen molar-refractivity contribution in [1.82, 2.24) is 10.3 Å². The van der Waals surface area contributed by atoms with Crippen LogP contribution < -0.4 is 5.32 Å². The number of hydrogen-bond donors (Lipinski definition) is 1. The molecule has 1 aliphatic carbocycles. The van der Waals surface area contributed by atoms with Crippen molar-refractivity contribution in [2.75, 3.05) is 0 Å². The first-order chi connectivity index (χ1) is 8.75. The molecule has 3 rings (SSSR count). The molecule has 94 valence electrons. The van der Waals surface area contributed by atoms with Crippen LogP contribution in [0, 0.1) is 13.8 Å². The van der Waals surface area contributed by atoms with E-state index < -0.39 is 0 Å². The second kappa shape index (κ2) is 4.82. The Kier molecular flexibility index (Phi) is 3.18. The van der Waals surface area contributed by atoms with Gasteiger partial charge in [-0.3, -0.25) is 0 Å². The zero-order valence-corrected chi connectivity index (χ0v) is 11.6. The monoisotopic (exact) mass is 258 g/mol. The first-order valence-electron chi connectivity index (χ1n) is 6.47. The second-order valence-electron chi connectivity index (χ2n) is 5.05. The lowest BCUT2D eigenvalue weighted by Crippen LogP contribution is -2.25.